The van der Waals surface area contributed by atoms with Crippen molar-refractivity contribution in [1.29, 1.82) is 0 Å². The average molecular weight is 819 g/mol. The number of benzene rings is 1. The van der Waals surface area contributed by atoms with E-state index in [1.807, 2.05) is 19.1 Å². The molecule has 4 heterocycles. The van der Waals surface area contributed by atoms with Crippen molar-refractivity contribution in [2.45, 2.75) is 145 Å². The Morgan fingerprint density at radius 1 is 1.09 bits per heavy atom. The Morgan fingerprint density at radius 3 is 2.51 bits per heavy atom. The lowest BCUT2D eigenvalue weighted by molar-refractivity contribution is -0.418. The molecule has 0 radical (unpaired) electrons. The maximum Gasteiger partial charge on any atom is 0.437 e. The number of rotatable bonds is 4. The summed E-state index contributed by atoms with van der Waals surface area (Å²) >= 11 is 0. The van der Waals surface area contributed by atoms with Crippen LogP contribution in [0.5, 0.6) is 5.75 Å². The second kappa shape index (κ2) is 14.2. The van der Waals surface area contributed by atoms with Gasteiger partial charge in [-0.1, -0.05) is 36.6 Å². The number of aryl methyl sites for hydroxylation is 2. The van der Waals surface area contributed by atoms with Gasteiger partial charge in [0.2, 0.25) is 11.8 Å². The van der Waals surface area contributed by atoms with Crippen molar-refractivity contribution >= 4 is 44.7 Å². The Labute approximate surface area is 329 Å². The molecule has 13 nitrogen and oxygen atoms in total. The monoisotopic (exact) mass is 818 g/mol. The largest absolute Gasteiger partial charge is 0.483 e. The molecule has 4 amide bonds. The zero-order valence-corrected chi connectivity index (χ0v) is 33.7. The van der Waals surface area contributed by atoms with Gasteiger partial charge in [0.25, 0.3) is 0 Å². The van der Waals surface area contributed by atoms with Crippen molar-refractivity contribution in [3.05, 3.63) is 47.2 Å². The van der Waals surface area contributed by atoms with Gasteiger partial charge in [0.05, 0.1) is 12.1 Å². The number of carbonyl (C=O) groups excluding carboxylic acids is 4. The highest BCUT2D eigenvalue weighted by Crippen LogP contribution is 2.50. The quantitative estimate of drug-likeness (QED) is 0.376. The highest BCUT2D eigenvalue weighted by Gasteiger charge is 2.66. The smallest absolute Gasteiger partial charge is 0.437 e. The number of quaternary nitrogens is 1. The lowest BCUT2D eigenvalue weighted by Gasteiger charge is -2.37. The number of pyridine rings is 1. The number of nitrogens with one attached hydrogen (secondary N) is 2. The molecule has 1 spiro atoms. The fraction of sp³-hybridized carbons (Fsp3) is 0.625. The van der Waals surface area contributed by atoms with Gasteiger partial charge in [-0.25, -0.2) is 14.6 Å². The number of halogens is 3. The summed E-state index contributed by atoms with van der Waals surface area (Å²) in [5.41, 5.74) is -3.89. The van der Waals surface area contributed by atoms with Crippen LogP contribution in [0.4, 0.5) is 18.0 Å². The average Bonchev–Trinajstić information content (AvgIpc) is 4.00. The predicted molar refractivity (Wildman–Crippen MR) is 201 cm³/mol. The van der Waals surface area contributed by atoms with Gasteiger partial charge in [-0.15, -0.1) is 0 Å². The van der Waals surface area contributed by atoms with Gasteiger partial charge in [0.15, 0.2) is 17.0 Å². The van der Waals surface area contributed by atoms with Crippen LogP contribution in [-0.4, -0.2) is 82.2 Å². The van der Waals surface area contributed by atoms with Crippen LogP contribution in [0, 0.1) is 12.8 Å². The molecule has 310 valence electrons. The minimum atomic E-state index is -4.89. The van der Waals surface area contributed by atoms with Gasteiger partial charge in [0, 0.05) is 23.3 Å². The van der Waals surface area contributed by atoms with E-state index in [1.54, 1.807) is 39.8 Å². The summed E-state index contributed by atoms with van der Waals surface area (Å²) in [5.74, 6) is -3.19. The van der Waals surface area contributed by atoms with Crippen molar-refractivity contribution in [3.63, 3.8) is 0 Å². The lowest BCUT2D eigenvalue weighted by atomic mass is 9.86. The normalized spacial score (nSPS) is 29.5. The molecule has 4 N–H and O–H groups in total. The van der Waals surface area contributed by atoms with Gasteiger partial charge in [-0.3, -0.25) is 9.59 Å². The van der Waals surface area contributed by atoms with Crippen LogP contribution in [0.25, 0.3) is 10.9 Å². The van der Waals surface area contributed by atoms with E-state index in [2.05, 4.69) is 15.6 Å². The summed E-state index contributed by atoms with van der Waals surface area (Å²) in [4.78, 5) is 61.6. The number of allylic oxidation sites excluding steroid dienone is 1. The lowest BCUT2D eigenvalue weighted by Crippen LogP contribution is -2.96. The molecule has 1 aromatic carbocycles. The topological polar surface area (TPSA) is 178 Å². The zero-order valence-electron chi connectivity index (χ0n) is 32.9. The Hall–Kier alpha value is -4.25. The molecular formula is C40H51F3N5O8S+. The molecule has 2 aliphatic carbocycles. The predicted octanol–water partition coefficient (Wildman–Crippen LogP) is 4.49. The van der Waals surface area contributed by atoms with Crippen LogP contribution in [0.2, 0.25) is 0 Å². The number of fused-ring (bicyclic) bond motifs is 5. The van der Waals surface area contributed by atoms with Crippen molar-refractivity contribution in [2.24, 2.45) is 5.92 Å². The number of primary amides is 1. The third-order valence-electron chi connectivity index (χ3n) is 12.0. The first-order chi connectivity index (χ1) is 26.6. The molecule has 3 fully saturated rings. The van der Waals surface area contributed by atoms with Crippen molar-refractivity contribution in [2.75, 3.05) is 6.54 Å². The fourth-order valence-corrected chi connectivity index (χ4v) is 9.83. The van der Waals surface area contributed by atoms with Gasteiger partial charge < -0.3 is 25.0 Å². The van der Waals surface area contributed by atoms with E-state index in [1.165, 1.54) is 11.0 Å². The van der Waals surface area contributed by atoms with Gasteiger partial charge >= 0.3 is 28.2 Å². The summed E-state index contributed by atoms with van der Waals surface area (Å²) in [6.45, 7) is 8.10. The van der Waals surface area contributed by atoms with Gasteiger partial charge in [0.1, 0.15) is 28.0 Å². The number of nitrogens with zero attached hydrogens (tertiary/aromatic N) is 2. The SMILES string of the molecule is Cc1ccc2nc(C(F)(F)F)c3c(c2c1)CC[C@]1(C[C@H]2C(=O)N[C@]4(C(=O)[NH2+]S(=O)(=O)C5(C)CC5)C[C@H]4/C=C\CCCCC[C@H](NC(=O)OC(C)(C)C)C(=O)N2C1)O3. The van der Waals surface area contributed by atoms with Crippen molar-refractivity contribution in [3.8, 4) is 5.75 Å². The number of aromatic nitrogens is 1. The minimum Gasteiger partial charge on any atom is -0.483 e. The van der Waals surface area contributed by atoms with Crippen LogP contribution in [0.1, 0.15) is 109 Å². The minimum absolute atomic E-state index is 0.123. The maximum absolute atomic E-state index is 14.7. The molecule has 0 bridgehead atoms. The number of carbonyl (C=O) groups is 4. The van der Waals surface area contributed by atoms with Crippen LogP contribution in [0.15, 0.2) is 30.4 Å². The molecule has 5 aliphatic rings. The van der Waals surface area contributed by atoms with E-state index in [9.17, 15) is 40.8 Å². The molecule has 1 aromatic heterocycles. The molecule has 3 aliphatic heterocycles. The number of hydrogen-bond acceptors (Lipinski definition) is 9. The summed E-state index contributed by atoms with van der Waals surface area (Å²) < 4.78 is 82.1. The van der Waals surface area contributed by atoms with Crippen LogP contribution < -0.4 is 20.1 Å². The summed E-state index contributed by atoms with van der Waals surface area (Å²) in [5, 5.41) is 6.01. The van der Waals surface area contributed by atoms with Crippen LogP contribution in [0.3, 0.4) is 0 Å². The Bertz CT molecular complexity index is 2150. The highest BCUT2D eigenvalue weighted by molar-refractivity contribution is 7.86. The molecule has 1 saturated heterocycles. The third kappa shape index (κ3) is 8.10. The van der Waals surface area contributed by atoms with E-state index in [-0.39, 0.29) is 44.2 Å². The van der Waals surface area contributed by atoms with E-state index >= 15 is 0 Å². The molecule has 5 atom stereocenters. The first-order valence-electron chi connectivity index (χ1n) is 19.7. The number of hydrogen-bond donors (Lipinski definition) is 3. The first-order valence-corrected chi connectivity index (χ1v) is 21.2. The maximum atomic E-state index is 14.7. The second-order valence-corrected chi connectivity index (χ2v) is 20.1. The Morgan fingerprint density at radius 2 is 1.82 bits per heavy atom. The number of nitrogens with two attached hydrogens (primary N) is 1. The second-order valence-electron chi connectivity index (χ2n) is 17.8. The molecular weight excluding hydrogens is 768 g/mol. The first kappa shape index (κ1) is 40.9. The molecule has 17 heteroatoms. The van der Waals surface area contributed by atoms with Gasteiger partial charge in [-0.05, 0) is 98.1 Å². The number of primary sulfonamides is 1. The number of alkyl carbamates (subject to hydrolysis) is 1. The molecule has 57 heavy (non-hydrogen) atoms. The number of amides is 4. The summed E-state index contributed by atoms with van der Waals surface area (Å²) in [7, 11) is -3.96. The van der Waals surface area contributed by atoms with Gasteiger partial charge in [-0.2, -0.15) is 26.3 Å². The zero-order chi connectivity index (χ0) is 41.3. The van der Waals surface area contributed by atoms with Crippen LogP contribution in [-0.2, 0) is 41.7 Å². The third-order valence-corrected chi connectivity index (χ3v) is 14.3. The van der Waals surface area contributed by atoms with Crippen LogP contribution >= 0.6 is 0 Å². The molecule has 7 rings (SSSR count). The van der Waals surface area contributed by atoms with E-state index in [4.69, 9.17) is 9.47 Å². The Balaban J connectivity index is 1.27. The highest BCUT2D eigenvalue weighted by atomic mass is 32.2. The molecule has 2 aromatic rings. The Kier molecular flexibility index (Phi) is 10.2. The molecule has 2 saturated carbocycles. The number of sulfonamides is 1. The standard InChI is InChI=1S/C40H50F3N5O8S/c1-23-13-14-27-26(19-23)25-15-16-38(55-30(25)31(44-27)40(41,42)43)21-29-32(49)46-39(34(51)47-57(53,54)37(5)17-18-37)20-24(39)11-9-7-6-8-10-12-28(33(50)48(29)22-38)45-35(52)56-36(2,3)4/h9,11,13-14,19,24,28-29H,6-8,10,12,15-18,20-22H2,1-5H3,(H,45,52)(H,46,49)(H,47,51)/p+1/b11-9-/t24-,28+,29+,38-,39-/m1/s1. The van der Waals surface area contributed by atoms with E-state index < -0.39 is 90.9 Å². The van der Waals surface area contributed by atoms with E-state index in [0.717, 1.165) is 16.7 Å². The van der Waals surface area contributed by atoms with Crippen molar-refractivity contribution in [1.82, 2.24) is 20.5 Å². The fourth-order valence-electron chi connectivity index (χ4n) is 8.38. The summed E-state index contributed by atoms with van der Waals surface area (Å²) in [6.07, 6.45) is 1.65. The number of ether oxygens (including phenoxy) is 2. The summed E-state index contributed by atoms with van der Waals surface area (Å²) in [6, 6.07) is 2.44. The number of alkyl halides is 3. The van der Waals surface area contributed by atoms with E-state index in [0.29, 0.717) is 43.1 Å². The molecule has 0 unspecified atom stereocenters. The van der Waals surface area contributed by atoms with Crippen molar-refractivity contribution < 1.29 is 55.0 Å².